The number of phenols is 1. The zero-order valence-electron chi connectivity index (χ0n) is 9.83. The number of esters is 1. The van der Waals surface area contributed by atoms with E-state index in [1.54, 1.807) is 0 Å². The molecule has 0 aliphatic rings. The number of nitro groups is 1. The Bertz CT molecular complexity index is 495. The molecule has 0 aliphatic carbocycles. The fourth-order valence-corrected chi connectivity index (χ4v) is 1.63. The smallest absolute Gasteiger partial charge is 0.307 e. The number of aromatic hydroxyl groups is 1. The van der Waals surface area contributed by atoms with Crippen molar-refractivity contribution >= 4 is 35.7 Å². The molecule has 1 aromatic rings. The number of methoxy groups -OCH3 is 1. The lowest BCUT2D eigenvalue weighted by molar-refractivity contribution is -0.385. The second-order valence-corrected chi connectivity index (χ2v) is 3.88. The Labute approximate surface area is 119 Å². The minimum absolute atomic E-state index is 0. The predicted molar refractivity (Wildman–Crippen MR) is 70.6 cm³/mol. The third-order valence-electron chi connectivity index (χ3n) is 2.33. The van der Waals surface area contributed by atoms with E-state index in [4.69, 9.17) is 17.3 Å². The summed E-state index contributed by atoms with van der Waals surface area (Å²) in [5, 5.41) is 20.5. The summed E-state index contributed by atoms with van der Waals surface area (Å²) in [6.45, 7) is 0. The molecule has 0 heterocycles. The summed E-state index contributed by atoms with van der Waals surface area (Å²) in [7, 11) is 1.17. The van der Waals surface area contributed by atoms with E-state index in [2.05, 4.69) is 4.74 Å². The lowest BCUT2D eigenvalue weighted by atomic mass is 10.0. The molecule has 7 nitrogen and oxygen atoms in total. The minimum Gasteiger partial charge on any atom is -0.506 e. The summed E-state index contributed by atoms with van der Waals surface area (Å²) in [6.07, 6.45) is -0.300. The van der Waals surface area contributed by atoms with Crippen LogP contribution in [0, 0.1) is 10.1 Å². The summed E-state index contributed by atoms with van der Waals surface area (Å²) < 4.78 is 4.41. The summed E-state index contributed by atoms with van der Waals surface area (Å²) in [6, 6.07) is 1.23. The summed E-state index contributed by atoms with van der Waals surface area (Å²) in [5.41, 5.74) is 5.08. The van der Waals surface area contributed by atoms with E-state index in [9.17, 15) is 20.0 Å². The number of hydrogen-bond donors (Lipinski definition) is 2. The number of carbonyl (C=O) groups excluding carboxylic acids is 1. The van der Waals surface area contributed by atoms with Gasteiger partial charge in [-0.2, -0.15) is 0 Å². The van der Waals surface area contributed by atoms with Crippen LogP contribution in [0.5, 0.6) is 5.75 Å². The number of hydrogen-bond acceptors (Lipinski definition) is 6. The van der Waals surface area contributed by atoms with Gasteiger partial charge < -0.3 is 15.6 Å². The molecule has 0 saturated carbocycles. The highest BCUT2D eigenvalue weighted by molar-refractivity contribution is 6.32. The molecule has 19 heavy (non-hydrogen) atoms. The molecule has 0 spiro atoms. The SMILES string of the molecule is COC(=O)C[C@@H](N)c1c([N+](=O)[O-])ccc(Cl)c1O.Cl. The van der Waals surface area contributed by atoms with Crippen LogP contribution in [-0.2, 0) is 9.53 Å². The van der Waals surface area contributed by atoms with E-state index in [1.807, 2.05) is 0 Å². The van der Waals surface area contributed by atoms with Gasteiger partial charge in [0.2, 0.25) is 0 Å². The van der Waals surface area contributed by atoms with Gasteiger partial charge in [-0.1, -0.05) is 11.6 Å². The van der Waals surface area contributed by atoms with Crippen LogP contribution in [0.2, 0.25) is 5.02 Å². The molecule has 0 aliphatic heterocycles. The molecule has 0 amide bonds. The van der Waals surface area contributed by atoms with Crippen molar-refractivity contribution in [2.24, 2.45) is 5.73 Å². The topological polar surface area (TPSA) is 116 Å². The number of ether oxygens (including phenoxy) is 1. The molecular formula is C10H12Cl2N2O5. The van der Waals surface area contributed by atoms with Gasteiger partial charge in [-0.3, -0.25) is 14.9 Å². The van der Waals surface area contributed by atoms with Gasteiger partial charge >= 0.3 is 5.97 Å². The van der Waals surface area contributed by atoms with Gasteiger partial charge in [0.1, 0.15) is 5.75 Å². The van der Waals surface area contributed by atoms with Gasteiger partial charge in [-0.05, 0) is 6.07 Å². The van der Waals surface area contributed by atoms with Crippen LogP contribution in [-0.4, -0.2) is 23.1 Å². The number of nitrogens with two attached hydrogens (primary N) is 1. The van der Waals surface area contributed by atoms with E-state index >= 15 is 0 Å². The molecule has 0 radical (unpaired) electrons. The van der Waals surface area contributed by atoms with Gasteiger partial charge in [0.05, 0.1) is 35.1 Å². The molecular weight excluding hydrogens is 299 g/mol. The van der Waals surface area contributed by atoms with Crippen LogP contribution >= 0.6 is 24.0 Å². The van der Waals surface area contributed by atoms with E-state index in [1.165, 1.54) is 13.2 Å². The van der Waals surface area contributed by atoms with Crippen molar-refractivity contribution in [2.75, 3.05) is 7.11 Å². The number of phenolic OH excluding ortho intramolecular Hbond substituents is 1. The maximum Gasteiger partial charge on any atom is 0.307 e. The van der Waals surface area contributed by atoms with Crippen LogP contribution in [0.25, 0.3) is 0 Å². The maximum absolute atomic E-state index is 11.1. The van der Waals surface area contributed by atoms with Gasteiger partial charge in [-0.15, -0.1) is 12.4 Å². The molecule has 9 heteroatoms. The first-order chi connectivity index (χ1) is 8.38. The van der Waals surface area contributed by atoms with Gasteiger partial charge in [0.15, 0.2) is 0 Å². The molecule has 0 bridgehead atoms. The highest BCUT2D eigenvalue weighted by atomic mass is 35.5. The first-order valence-electron chi connectivity index (χ1n) is 4.86. The second kappa shape index (κ2) is 7.13. The van der Waals surface area contributed by atoms with Crippen LogP contribution in [0.3, 0.4) is 0 Å². The van der Waals surface area contributed by atoms with Gasteiger partial charge in [-0.25, -0.2) is 0 Å². The van der Waals surface area contributed by atoms with Crippen molar-refractivity contribution in [3.63, 3.8) is 0 Å². The number of nitrogens with zero attached hydrogens (tertiary/aromatic N) is 1. The normalized spacial score (nSPS) is 11.3. The van der Waals surface area contributed by atoms with E-state index < -0.39 is 28.4 Å². The molecule has 1 aromatic carbocycles. The molecule has 0 aromatic heterocycles. The third kappa shape index (κ3) is 3.95. The Hall–Kier alpha value is -1.57. The Morgan fingerprint density at radius 1 is 1.63 bits per heavy atom. The Morgan fingerprint density at radius 3 is 2.68 bits per heavy atom. The van der Waals surface area contributed by atoms with Crippen LogP contribution in [0.15, 0.2) is 12.1 Å². The molecule has 106 valence electrons. The monoisotopic (exact) mass is 310 g/mol. The van der Waals surface area contributed by atoms with Gasteiger partial charge in [0.25, 0.3) is 5.69 Å². The molecule has 0 saturated heterocycles. The fraction of sp³-hybridized carbons (Fsp3) is 0.300. The third-order valence-corrected chi connectivity index (χ3v) is 2.63. The molecule has 3 N–H and O–H groups in total. The molecule has 1 rings (SSSR count). The fourth-order valence-electron chi connectivity index (χ4n) is 1.46. The zero-order chi connectivity index (χ0) is 13.9. The second-order valence-electron chi connectivity index (χ2n) is 3.47. The lowest BCUT2D eigenvalue weighted by Crippen LogP contribution is -2.17. The van der Waals surface area contributed by atoms with Crippen molar-refractivity contribution in [1.82, 2.24) is 0 Å². The molecule has 0 fully saturated rings. The summed E-state index contributed by atoms with van der Waals surface area (Å²) in [5.74, 6) is -1.14. The van der Waals surface area contributed by atoms with Crippen molar-refractivity contribution in [2.45, 2.75) is 12.5 Å². The number of carbonyl (C=O) groups is 1. The summed E-state index contributed by atoms with van der Waals surface area (Å²) >= 11 is 5.66. The first-order valence-corrected chi connectivity index (χ1v) is 5.24. The van der Waals surface area contributed by atoms with Crippen LogP contribution in [0.4, 0.5) is 5.69 Å². The lowest BCUT2D eigenvalue weighted by Gasteiger charge is -2.13. The first kappa shape index (κ1) is 17.4. The van der Waals surface area contributed by atoms with E-state index in [0.29, 0.717) is 0 Å². The quantitative estimate of drug-likeness (QED) is 0.498. The average Bonchev–Trinajstić information content (AvgIpc) is 2.31. The van der Waals surface area contributed by atoms with Crippen molar-refractivity contribution in [3.8, 4) is 5.75 Å². The average molecular weight is 311 g/mol. The standard InChI is InChI=1S/C10H11ClN2O5.ClH/c1-18-8(14)4-6(12)9-7(13(16)17)3-2-5(11)10(9)15;/h2-3,6,15H,4,12H2,1H3;1H/t6-;/m1./s1. The van der Waals surface area contributed by atoms with Crippen molar-refractivity contribution < 1.29 is 19.6 Å². The molecule has 0 unspecified atom stereocenters. The Morgan fingerprint density at radius 2 is 2.21 bits per heavy atom. The van der Waals surface area contributed by atoms with Crippen LogP contribution < -0.4 is 5.73 Å². The number of nitro benzene ring substituents is 1. The number of benzene rings is 1. The Balaban J connectivity index is 0.00000324. The highest BCUT2D eigenvalue weighted by Crippen LogP contribution is 2.38. The van der Waals surface area contributed by atoms with Crippen molar-refractivity contribution in [1.29, 1.82) is 0 Å². The number of rotatable bonds is 4. The molecule has 1 atom stereocenters. The number of halogens is 2. The van der Waals surface area contributed by atoms with Crippen molar-refractivity contribution in [3.05, 3.63) is 32.8 Å². The predicted octanol–water partition coefficient (Wildman–Crippen LogP) is 1.94. The van der Waals surface area contributed by atoms with E-state index in [-0.39, 0.29) is 29.4 Å². The Kier molecular flexibility index (Phi) is 6.54. The van der Waals surface area contributed by atoms with E-state index in [0.717, 1.165) is 6.07 Å². The zero-order valence-corrected chi connectivity index (χ0v) is 11.4. The summed E-state index contributed by atoms with van der Waals surface area (Å²) in [4.78, 5) is 21.2. The highest BCUT2D eigenvalue weighted by Gasteiger charge is 2.27. The van der Waals surface area contributed by atoms with Crippen LogP contribution in [0.1, 0.15) is 18.0 Å². The largest absolute Gasteiger partial charge is 0.506 e. The minimum atomic E-state index is -1.07. The van der Waals surface area contributed by atoms with Gasteiger partial charge in [0, 0.05) is 6.07 Å². The maximum atomic E-state index is 11.1.